The molecule has 3 heterocycles. The first kappa shape index (κ1) is 28.0. The molecule has 1 aliphatic heterocycles. The third-order valence-electron chi connectivity index (χ3n) is 7.78. The number of nitrogens with zero attached hydrogens (tertiary/aromatic N) is 5. The van der Waals surface area contributed by atoms with E-state index in [1.807, 2.05) is 18.2 Å². The number of aromatic nitrogens is 4. The number of carbonyl (C=O) groups excluding carboxylic acids is 1. The van der Waals surface area contributed by atoms with E-state index in [4.69, 9.17) is 42.2 Å². The number of carbonyl (C=O) groups is 1. The number of hydrogen-bond donors (Lipinski definition) is 2. The lowest BCUT2D eigenvalue weighted by Crippen LogP contribution is -2.43. The lowest BCUT2D eigenvalue weighted by atomic mass is 9.82. The lowest BCUT2D eigenvalue weighted by Gasteiger charge is -2.35. The van der Waals surface area contributed by atoms with Crippen molar-refractivity contribution >= 4 is 40.7 Å². The Labute approximate surface area is 239 Å². The van der Waals surface area contributed by atoms with Gasteiger partial charge in [-0.15, -0.1) is 6.58 Å². The largest absolute Gasteiger partial charge is 0.411 e. The molecule has 2 aliphatic rings. The maximum Gasteiger partial charge on any atom is 0.411 e. The number of halogens is 1. The number of nitrogens with one attached hydrogen (secondary N) is 1. The molecule has 5 rings (SSSR count). The third-order valence-corrected chi connectivity index (χ3v) is 8.02. The number of ether oxygens (including phenoxy) is 2. The third kappa shape index (κ3) is 6.13. The van der Waals surface area contributed by atoms with Crippen molar-refractivity contribution in [3.05, 3.63) is 47.8 Å². The van der Waals surface area contributed by atoms with Crippen molar-refractivity contribution in [2.75, 3.05) is 24.6 Å². The summed E-state index contributed by atoms with van der Waals surface area (Å²) in [5.74, 6) is 1.22. The number of allylic oxidation sites excluding steroid dienone is 1. The lowest BCUT2D eigenvalue weighted by molar-refractivity contribution is 0.0340. The van der Waals surface area contributed by atoms with Crippen LogP contribution < -0.4 is 10.6 Å². The van der Waals surface area contributed by atoms with Gasteiger partial charge in [0.1, 0.15) is 11.2 Å². The second-order valence-corrected chi connectivity index (χ2v) is 11.0. The van der Waals surface area contributed by atoms with Crippen molar-refractivity contribution in [2.45, 2.75) is 58.1 Å². The minimum atomic E-state index is -1.10. The molecule has 0 spiro atoms. The van der Waals surface area contributed by atoms with Crippen molar-refractivity contribution in [1.29, 1.82) is 5.41 Å². The van der Waals surface area contributed by atoms with E-state index in [-0.39, 0.29) is 11.9 Å². The Morgan fingerprint density at radius 3 is 2.77 bits per heavy atom. The molecule has 1 saturated heterocycles. The number of fused-ring (bicyclic) bond motifs is 1. The van der Waals surface area contributed by atoms with Crippen LogP contribution in [0.1, 0.15) is 51.3 Å². The van der Waals surface area contributed by atoms with E-state index in [0.717, 1.165) is 68.6 Å². The second-order valence-electron chi connectivity index (χ2n) is 10.6. The molecule has 40 heavy (non-hydrogen) atoms. The van der Waals surface area contributed by atoms with E-state index in [1.54, 1.807) is 6.07 Å². The van der Waals surface area contributed by atoms with Crippen LogP contribution in [0.15, 0.2) is 36.9 Å². The molecular formula is C29H36ClN7O3. The van der Waals surface area contributed by atoms with Gasteiger partial charge in [-0.1, -0.05) is 43.2 Å². The molecule has 2 fully saturated rings. The number of nitrogens with two attached hydrogens (primary N) is 1. The van der Waals surface area contributed by atoms with E-state index in [1.165, 1.54) is 0 Å². The Hall–Kier alpha value is -3.50. The van der Waals surface area contributed by atoms with Crippen LogP contribution in [0.4, 0.5) is 10.7 Å². The first-order valence-electron chi connectivity index (χ1n) is 14.0. The average molecular weight is 566 g/mol. The van der Waals surface area contributed by atoms with Crippen LogP contribution in [-0.4, -0.2) is 57.3 Å². The molecule has 212 valence electrons. The molecule has 11 heteroatoms. The van der Waals surface area contributed by atoms with Gasteiger partial charge in [-0.2, -0.15) is 4.98 Å². The summed E-state index contributed by atoms with van der Waals surface area (Å²) in [5.41, 5.74) is 7.68. The van der Waals surface area contributed by atoms with Crippen LogP contribution in [0.25, 0.3) is 22.4 Å². The topological polar surface area (TPSA) is 132 Å². The van der Waals surface area contributed by atoms with Crippen LogP contribution in [-0.2, 0) is 16.0 Å². The number of benzene rings is 1. The number of morpholine rings is 1. The van der Waals surface area contributed by atoms with E-state index >= 15 is 0 Å². The highest BCUT2D eigenvalue weighted by Gasteiger charge is 2.30. The molecule has 3 aromatic rings. The maximum absolute atomic E-state index is 11.4. The molecule has 1 saturated carbocycles. The predicted octanol–water partition coefficient (Wildman–Crippen LogP) is 5.57. The van der Waals surface area contributed by atoms with E-state index in [9.17, 15) is 4.79 Å². The van der Waals surface area contributed by atoms with Gasteiger partial charge in [0.05, 0.1) is 12.7 Å². The number of anilines is 1. The maximum atomic E-state index is 11.4. The van der Waals surface area contributed by atoms with E-state index in [2.05, 4.69) is 34.0 Å². The summed E-state index contributed by atoms with van der Waals surface area (Å²) in [6, 6.07) is 7.38. The predicted molar refractivity (Wildman–Crippen MR) is 156 cm³/mol. The van der Waals surface area contributed by atoms with Gasteiger partial charge in [0, 0.05) is 30.2 Å². The number of primary amides is 1. The fourth-order valence-electron chi connectivity index (χ4n) is 5.79. The number of imidazole rings is 1. The highest BCUT2D eigenvalue weighted by molar-refractivity contribution is 6.30. The molecule has 10 nitrogen and oxygen atoms in total. The monoisotopic (exact) mass is 565 g/mol. The summed E-state index contributed by atoms with van der Waals surface area (Å²) >= 11 is 6.39. The minimum absolute atomic E-state index is 0.0743. The van der Waals surface area contributed by atoms with Crippen LogP contribution >= 0.6 is 11.6 Å². The van der Waals surface area contributed by atoms with Crippen molar-refractivity contribution in [2.24, 2.45) is 17.6 Å². The van der Waals surface area contributed by atoms with Crippen LogP contribution in [0.2, 0.25) is 5.02 Å². The summed E-state index contributed by atoms with van der Waals surface area (Å²) < 4.78 is 13.1. The summed E-state index contributed by atoms with van der Waals surface area (Å²) in [6.07, 6.45) is 7.55. The van der Waals surface area contributed by atoms with Gasteiger partial charge >= 0.3 is 6.09 Å². The zero-order valence-electron chi connectivity index (χ0n) is 22.8. The second kappa shape index (κ2) is 12.3. The first-order chi connectivity index (χ1) is 19.4. The standard InChI is InChI=1S/C29H36ClN7O3/c1-3-6-22-17-36(13-14-39-22)29-35-26-24(37(29)16-19-11-9-18(4-2)10-12-19)23(20-7-5-8-21(30)15-20)33-27(34-26)25(31)40-28(32)38/h4-5,7-8,15,18-19,22,31H,2-3,6,9-14,16-17H2,1H3,(H2,32,38)/t18?,19?,22-/m1/s1. The van der Waals surface area contributed by atoms with Crippen LogP contribution in [0.5, 0.6) is 0 Å². The fourth-order valence-corrected chi connectivity index (χ4v) is 5.98. The highest BCUT2D eigenvalue weighted by Crippen LogP contribution is 2.36. The van der Waals surface area contributed by atoms with E-state index in [0.29, 0.717) is 41.4 Å². The summed E-state index contributed by atoms with van der Waals surface area (Å²) in [6.45, 7) is 8.98. The summed E-state index contributed by atoms with van der Waals surface area (Å²) in [5, 5.41) is 8.82. The van der Waals surface area contributed by atoms with Gasteiger partial charge < -0.3 is 24.7 Å². The molecule has 0 unspecified atom stereocenters. The SMILES string of the molecule is C=CC1CCC(Cn2c(N3CCO[C@H](CCC)C3)nc3nc(C(=N)OC(N)=O)nc(-c4cccc(Cl)c4)c32)CC1. The number of rotatable bonds is 8. The van der Waals surface area contributed by atoms with E-state index < -0.39 is 12.0 Å². The first-order valence-corrected chi connectivity index (χ1v) is 14.3. The highest BCUT2D eigenvalue weighted by atomic mass is 35.5. The molecule has 0 bridgehead atoms. The van der Waals surface area contributed by atoms with Crippen LogP contribution in [0, 0.1) is 17.2 Å². The fraction of sp³-hybridized carbons (Fsp3) is 0.483. The zero-order chi connectivity index (χ0) is 28.2. The molecule has 2 aromatic heterocycles. The molecule has 0 radical (unpaired) electrons. The Morgan fingerprint density at radius 2 is 2.08 bits per heavy atom. The Bertz CT molecular complexity index is 1400. The van der Waals surface area contributed by atoms with Gasteiger partial charge in [-0.3, -0.25) is 5.41 Å². The van der Waals surface area contributed by atoms with Gasteiger partial charge in [0.25, 0.3) is 5.90 Å². The Kier molecular flexibility index (Phi) is 8.66. The Morgan fingerprint density at radius 1 is 1.27 bits per heavy atom. The number of hydrogen-bond acceptors (Lipinski definition) is 8. The van der Waals surface area contributed by atoms with Crippen molar-refractivity contribution in [3.8, 4) is 11.3 Å². The quantitative estimate of drug-likeness (QED) is 0.207. The molecule has 1 amide bonds. The number of amides is 1. The summed E-state index contributed by atoms with van der Waals surface area (Å²) in [7, 11) is 0. The van der Waals surface area contributed by atoms with Crippen LogP contribution in [0.3, 0.4) is 0 Å². The molecule has 1 atom stereocenters. The smallest absolute Gasteiger partial charge is 0.388 e. The van der Waals surface area contributed by atoms with Gasteiger partial charge in [-0.25, -0.2) is 14.8 Å². The van der Waals surface area contributed by atoms with Gasteiger partial charge in [-0.05, 0) is 56.1 Å². The zero-order valence-corrected chi connectivity index (χ0v) is 23.6. The van der Waals surface area contributed by atoms with Crippen molar-refractivity contribution < 1.29 is 14.3 Å². The van der Waals surface area contributed by atoms with Crippen molar-refractivity contribution in [1.82, 2.24) is 19.5 Å². The average Bonchev–Trinajstić information content (AvgIpc) is 3.31. The molecule has 1 aromatic carbocycles. The molecule has 3 N–H and O–H groups in total. The van der Waals surface area contributed by atoms with Gasteiger partial charge in [0.2, 0.25) is 11.8 Å². The summed E-state index contributed by atoms with van der Waals surface area (Å²) in [4.78, 5) is 28.0. The molecule has 1 aliphatic carbocycles. The normalized spacial score (nSPS) is 21.4. The van der Waals surface area contributed by atoms with Crippen molar-refractivity contribution in [3.63, 3.8) is 0 Å². The van der Waals surface area contributed by atoms with Gasteiger partial charge in [0.15, 0.2) is 5.65 Å². The molecular weight excluding hydrogens is 530 g/mol. The minimum Gasteiger partial charge on any atom is -0.388 e. The Balaban J connectivity index is 1.66.